The van der Waals surface area contributed by atoms with Crippen molar-refractivity contribution in [2.24, 2.45) is 5.73 Å². The van der Waals surface area contributed by atoms with Crippen LogP contribution in [0.15, 0.2) is 48.7 Å². The largest absolute Gasteiger partial charge is 0.494 e. The van der Waals surface area contributed by atoms with Crippen LogP contribution in [0.5, 0.6) is 17.2 Å². The number of anilines is 1. The van der Waals surface area contributed by atoms with Crippen LogP contribution < -0.4 is 25.3 Å². The van der Waals surface area contributed by atoms with Crippen LogP contribution in [0.2, 0.25) is 0 Å². The van der Waals surface area contributed by atoms with Gasteiger partial charge in [0.25, 0.3) is 0 Å². The van der Waals surface area contributed by atoms with E-state index in [1.165, 1.54) is 11.3 Å². The third-order valence-corrected chi connectivity index (χ3v) is 6.71. The van der Waals surface area contributed by atoms with Gasteiger partial charge in [-0.3, -0.25) is 4.79 Å². The molecule has 3 aromatic rings. The van der Waals surface area contributed by atoms with Crippen molar-refractivity contribution in [3.05, 3.63) is 64.7 Å². The summed E-state index contributed by atoms with van der Waals surface area (Å²) in [5.74, 6) is 2.10. The molecule has 2 heterocycles. The van der Waals surface area contributed by atoms with E-state index < -0.39 is 5.41 Å². The van der Waals surface area contributed by atoms with Crippen LogP contribution in [-0.4, -0.2) is 24.3 Å². The van der Waals surface area contributed by atoms with Gasteiger partial charge in [0.2, 0.25) is 12.7 Å². The van der Waals surface area contributed by atoms with E-state index in [1.807, 2.05) is 49.4 Å². The average Bonchev–Trinajstić information content (AvgIpc) is 3.24. The number of aromatic nitrogens is 1. The summed E-state index contributed by atoms with van der Waals surface area (Å²) < 4.78 is 16.5. The molecule has 8 heteroatoms. The molecule has 31 heavy (non-hydrogen) atoms. The fourth-order valence-electron chi connectivity index (χ4n) is 3.85. The van der Waals surface area contributed by atoms with Gasteiger partial charge in [0.15, 0.2) is 16.6 Å². The number of benzene rings is 2. The van der Waals surface area contributed by atoms with Crippen LogP contribution in [0.1, 0.15) is 41.8 Å². The van der Waals surface area contributed by atoms with E-state index in [0.29, 0.717) is 23.2 Å². The summed E-state index contributed by atoms with van der Waals surface area (Å²) in [7, 11) is 0. The van der Waals surface area contributed by atoms with Crippen LogP contribution in [-0.2, 0) is 10.2 Å². The summed E-state index contributed by atoms with van der Waals surface area (Å²) in [6.07, 6.45) is 3.30. The van der Waals surface area contributed by atoms with Gasteiger partial charge < -0.3 is 25.3 Å². The maximum atomic E-state index is 13.1. The van der Waals surface area contributed by atoms with Gasteiger partial charge in [0.05, 0.1) is 18.1 Å². The first kappa shape index (κ1) is 19.8. The van der Waals surface area contributed by atoms with Gasteiger partial charge in [-0.2, -0.15) is 0 Å². The van der Waals surface area contributed by atoms with Crippen molar-refractivity contribution in [3.63, 3.8) is 0 Å². The summed E-state index contributed by atoms with van der Waals surface area (Å²) >= 11 is 1.38. The summed E-state index contributed by atoms with van der Waals surface area (Å²) in [5.41, 5.74) is 7.77. The standard InChI is InChI=1S/C23H23N3O4S/c1-2-28-16-6-4-3-5-15(16)20(24)19-12-25-22(31-19)26-21(27)23(9-10-23)14-7-8-17-18(11-14)30-13-29-17/h3-8,11-12,20H,2,9-10,13,24H2,1H3,(H,25,26,27). The first-order chi connectivity index (χ1) is 15.1. The van der Waals surface area contributed by atoms with Crippen molar-refractivity contribution < 1.29 is 19.0 Å². The predicted octanol–water partition coefficient (Wildman–Crippen LogP) is 3.99. The number of hydrogen-bond donors (Lipinski definition) is 2. The van der Waals surface area contributed by atoms with Crippen molar-refractivity contribution >= 4 is 22.4 Å². The molecule has 0 spiro atoms. The molecule has 2 aromatic carbocycles. The minimum Gasteiger partial charge on any atom is -0.494 e. The summed E-state index contributed by atoms with van der Waals surface area (Å²) in [5, 5.41) is 3.53. The van der Waals surface area contributed by atoms with E-state index >= 15 is 0 Å². The molecule has 1 fully saturated rings. The molecule has 1 aliphatic carbocycles. The second-order valence-corrected chi connectivity index (χ2v) is 8.68. The van der Waals surface area contributed by atoms with E-state index in [-0.39, 0.29) is 18.7 Å². The third kappa shape index (κ3) is 3.62. The molecule has 3 N–H and O–H groups in total. The number of rotatable bonds is 7. The normalized spacial score (nSPS) is 16.6. The van der Waals surface area contributed by atoms with Crippen LogP contribution in [0, 0.1) is 0 Å². The van der Waals surface area contributed by atoms with Crippen molar-refractivity contribution in [1.29, 1.82) is 0 Å². The van der Waals surface area contributed by atoms with Crippen molar-refractivity contribution in [1.82, 2.24) is 4.98 Å². The molecule has 1 saturated carbocycles. The second-order valence-electron chi connectivity index (χ2n) is 7.62. The van der Waals surface area contributed by atoms with E-state index in [9.17, 15) is 4.79 Å². The number of ether oxygens (including phenoxy) is 3. The minimum atomic E-state index is -0.545. The molecule has 1 aliphatic heterocycles. The zero-order chi connectivity index (χ0) is 21.4. The van der Waals surface area contributed by atoms with Crippen LogP contribution in [0.4, 0.5) is 5.13 Å². The Morgan fingerprint density at radius 1 is 1.26 bits per heavy atom. The van der Waals surface area contributed by atoms with E-state index in [1.54, 1.807) is 6.20 Å². The zero-order valence-electron chi connectivity index (χ0n) is 17.1. The SMILES string of the molecule is CCOc1ccccc1C(N)c1cnc(NC(=O)C2(c3ccc4c(c3)OCO4)CC2)s1. The molecule has 0 radical (unpaired) electrons. The van der Waals surface area contributed by atoms with Gasteiger partial charge >= 0.3 is 0 Å². The lowest BCUT2D eigenvalue weighted by Crippen LogP contribution is -2.27. The van der Waals surface area contributed by atoms with E-state index in [4.69, 9.17) is 19.9 Å². The highest BCUT2D eigenvalue weighted by Gasteiger charge is 2.52. The van der Waals surface area contributed by atoms with Gasteiger partial charge in [-0.15, -0.1) is 0 Å². The minimum absolute atomic E-state index is 0.0597. The number of carbonyl (C=O) groups is 1. The molecule has 5 rings (SSSR count). The average molecular weight is 438 g/mol. The summed E-state index contributed by atoms with van der Waals surface area (Å²) in [6.45, 7) is 2.72. The van der Waals surface area contributed by atoms with Gasteiger partial charge in [-0.05, 0) is 43.5 Å². The van der Waals surface area contributed by atoms with Crippen LogP contribution >= 0.6 is 11.3 Å². The molecule has 0 bridgehead atoms. The first-order valence-corrected chi connectivity index (χ1v) is 11.1. The second kappa shape index (κ2) is 7.86. The van der Waals surface area contributed by atoms with E-state index in [2.05, 4.69) is 10.3 Å². The number of amides is 1. The molecule has 7 nitrogen and oxygen atoms in total. The molecule has 1 atom stereocenters. The first-order valence-electron chi connectivity index (χ1n) is 10.3. The Morgan fingerprint density at radius 2 is 2.06 bits per heavy atom. The molecule has 1 aromatic heterocycles. The van der Waals surface area contributed by atoms with Gasteiger partial charge in [0, 0.05) is 16.6 Å². The number of nitrogens with zero attached hydrogens (tertiary/aromatic N) is 1. The lowest BCUT2D eigenvalue weighted by molar-refractivity contribution is -0.118. The summed E-state index contributed by atoms with van der Waals surface area (Å²) in [4.78, 5) is 18.4. The molecular weight excluding hydrogens is 414 g/mol. The number of nitrogens with two attached hydrogens (primary N) is 1. The maximum absolute atomic E-state index is 13.1. The fraction of sp³-hybridized carbons (Fsp3) is 0.304. The Balaban J connectivity index is 1.32. The molecular formula is C23H23N3O4S. The lowest BCUT2D eigenvalue weighted by atomic mass is 9.94. The number of fused-ring (bicyclic) bond motifs is 1. The fourth-order valence-corrected chi connectivity index (χ4v) is 4.68. The molecule has 1 amide bonds. The quantitative estimate of drug-likeness (QED) is 0.580. The Morgan fingerprint density at radius 3 is 2.87 bits per heavy atom. The predicted molar refractivity (Wildman–Crippen MR) is 118 cm³/mol. The van der Waals surface area contributed by atoms with Gasteiger partial charge in [-0.25, -0.2) is 4.98 Å². The molecule has 0 saturated heterocycles. The monoisotopic (exact) mass is 437 g/mol. The van der Waals surface area contributed by atoms with Gasteiger partial charge in [-0.1, -0.05) is 35.6 Å². The molecule has 1 unspecified atom stereocenters. The van der Waals surface area contributed by atoms with Gasteiger partial charge in [0.1, 0.15) is 5.75 Å². The lowest BCUT2D eigenvalue weighted by Gasteiger charge is -2.15. The number of carbonyl (C=O) groups excluding carboxylic acids is 1. The highest BCUT2D eigenvalue weighted by atomic mass is 32.1. The van der Waals surface area contributed by atoms with E-state index in [0.717, 1.165) is 34.6 Å². The Hall–Kier alpha value is -3.10. The van der Waals surface area contributed by atoms with Crippen molar-refractivity contribution in [2.75, 3.05) is 18.7 Å². The maximum Gasteiger partial charge on any atom is 0.236 e. The highest BCUT2D eigenvalue weighted by Crippen LogP contribution is 2.51. The van der Waals surface area contributed by atoms with Crippen LogP contribution in [0.25, 0.3) is 0 Å². The highest BCUT2D eigenvalue weighted by molar-refractivity contribution is 7.15. The Kier molecular flexibility index (Phi) is 5.03. The topological polar surface area (TPSA) is 95.7 Å². The van der Waals surface area contributed by atoms with Crippen LogP contribution in [0.3, 0.4) is 0 Å². The number of para-hydroxylation sites is 1. The molecule has 2 aliphatic rings. The van der Waals surface area contributed by atoms with Crippen molar-refractivity contribution in [3.8, 4) is 17.2 Å². The summed E-state index contributed by atoms with van der Waals surface area (Å²) in [6, 6.07) is 13.0. The third-order valence-electron chi connectivity index (χ3n) is 5.71. The smallest absolute Gasteiger partial charge is 0.236 e. The number of hydrogen-bond acceptors (Lipinski definition) is 7. The Labute approximate surface area is 184 Å². The zero-order valence-corrected chi connectivity index (χ0v) is 17.9. The van der Waals surface area contributed by atoms with Crippen molar-refractivity contribution in [2.45, 2.75) is 31.2 Å². The number of nitrogens with one attached hydrogen (secondary N) is 1. The Bertz CT molecular complexity index is 1130. The molecule has 160 valence electrons. The number of thiazole rings is 1.